The number of esters is 1. The van der Waals surface area contributed by atoms with Crippen molar-refractivity contribution in [3.05, 3.63) is 68.6 Å². The maximum Gasteiger partial charge on any atom is 0.308 e. The van der Waals surface area contributed by atoms with Gasteiger partial charge in [-0.3, -0.25) is 9.59 Å². The van der Waals surface area contributed by atoms with Gasteiger partial charge >= 0.3 is 5.97 Å². The SMILES string of the molecule is COC(=O)C1CCC(c2cc3c(N[C@H](C)c4cc(-c5c(Cl)cccc5C=O)cs4)nc(C)nc3cc2OC)CC1. The lowest BCUT2D eigenvalue weighted by molar-refractivity contribution is -0.146. The minimum atomic E-state index is -0.123. The van der Waals surface area contributed by atoms with E-state index in [4.69, 9.17) is 31.0 Å². The molecule has 1 aliphatic carbocycles. The van der Waals surface area contributed by atoms with Crippen molar-refractivity contribution in [3.8, 4) is 16.9 Å². The van der Waals surface area contributed by atoms with Crippen LogP contribution in [0.15, 0.2) is 41.8 Å². The summed E-state index contributed by atoms with van der Waals surface area (Å²) in [5.41, 5.74) is 4.15. The van der Waals surface area contributed by atoms with Crippen molar-refractivity contribution in [1.29, 1.82) is 0 Å². The van der Waals surface area contributed by atoms with E-state index in [-0.39, 0.29) is 23.8 Å². The zero-order chi connectivity index (χ0) is 28.4. The average Bonchev–Trinajstić information content (AvgIpc) is 3.46. The van der Waals surface area contributed by atoms with E-state index in [1.807, 2.05) is 18.4 Å². The van der Waals surface area contributed by atoms with E-state index in [0.717, 1.165) is 76.0 Å². The van der Waals surface area contributed by atoms with Crippen LogP contribution < -0.4 is 10.1 Å². The Morgan fingerprint density at radius 3 is 2.62 bits per heavy atom. The van der Waals surface area contributed by atoms with E-state index >= 15 is 0 Å². The largest absolute Gasteiger partial charge is 0.496 e. The van der Waals surface area contributed by atoms with Crippen LogP contribution in [0.2, 0.25) is 5.02 Å². The van der Waals surface area contributed by atoms with Crippen molar-refractivity contribution in [2.75, 3.05) is 19.5 Å². The Labute approximate surface area is 242 Å². The summed E-state index contributed by atoms with van der Waals surface area (Å²) in [5, 5.41) is 7.10. The first kappa shape index (κ1) is 28.1. The molecule has 4 aromatic rings. The summed E-state index contributed by atoms with van der Waals surface area (Å²) in [6.45, 7) is 3.97. The summed E-state index contributed by atoms with van der Waals surface area (Å²) in [5.74, 6) is 2.33. The van der Waals surface area contributed by atoms with Gasteiger partial charge in [0.1, 0.15) is 17.4 Å². The second kappa shape index (κ2) is 11.9. The summed E-state index contributed by atoms with van der Waals surface area (Å²) in [7, 11) is 3.14. The first-order valence-electron chi connectivity index (χ1n) is 13.4. The number of carbonyl (C=O) groups is 2. The van der Waals surface area contributed by atoms with Gasteiger partial charge in [0.2, 0.25) is 0 Å². The van der Waals surface area contributed by atoms with Gasteiger partial charge < -0.3 is 14.8 Å². The van der Waals surface area contributed by atoms with Crippen LogP contribution in [0.1, 0.15) is 71.2 Å². The molecule has 2 aromatic heterocycles. The first-order chi connectivity index (χ1) is 19.3. The summed E-state index contributed by atoms with van der Waals surface area (Å²) in [6.07, 6.45) is 4.20. The van der Waals surface area contributed by atoms with Gasteiger partial charge in [0.25, 0.3) is 0 Å². The van der Waals surface area contributed by atoms with E-state index in [9.17, 15) is 9.59 Å². The quantitative estimate of drug-likeness (QED) is 0.169. The Morgan fingerprint density at radius 2 is 1.93 bits per heavy atom. The third-order valence-electron chi connectivity index (χ3n) is 7.72. The highest BCUT2D eigenvalue weighted by Crippen LogP contribution is 2.43. The Kier molecular flexibility index (Phi) is 8.38. The molecule has 208 valence electrons. The predicted octanol–water partition coefficient (Wildman–Crippen LogP) is 7.76. The number of aldehydes is 1. The number of aromatic nitrogens is 2. The molecule has 1 aliphatic rings. The second-order valence-corrected chi connectivity index (χ2v) is 11.6. The molecule has 7 nitrogen and oxygen atoms in total. The number of hydrogen-bond donors (Lipinski definition) is 1. The Bertz CT molecular complexity index is 1560. The maximum absolute atomic E-state index is 12.0. The number of carbonyl (C=O) groups excluding carboxylic acids is 2. The smallest absolute Gasteiger partial charge is 0.308 e. The molecule has 0 saturated heterocycles. The van der Waals surface area contributed by atoms with Gasteiger partial charge in [0.15, 0.2) is 6.29 Å². The molecule has 0 radical (unpaired) electrons. The lowest BCUT2D eigenvalue weighted by Crippen LogP contribution is -2.22. The molecule has 0 spiro atoms. The monoisotopic (exact) mass is 577 g/mol. The van der Waals surface area contributed by atoms with Gasteiger partial charge in [-0.1, -0.05) is 23.7 Å². The van der Waals surface area contributed by atoms with Crippen LogP contribution >= 0.6 is 22.9 Å². The lowest BCUT2D eigenvalue weighted by Gasteiger charge is -2.28. The average molecular weight is 578 g/mol. The number of nitrogens with zero attached hydrogens (tertiary/aromatic N) is 2. The molecule has 2 aromatic carbocycles. The van der Waals surface area contributed by atoms with E-state index < -0.39 is 0 Å². The van der Waals surface area contributed by atoms with Gasteiger partial charge in [0, 0.05) is 32.5 Å². The van der Waals surface area contributed by atoms with E-state index in [0.29, 0.717) is 16.4 Å². The van der Waals surface area contributed by atoms with Crippen LogP contribution in [-0.2, 0) is 9.53 Å². The van der Waals surface area contributed by atoms with Gasteiger partial charge in [0.05, 0.1) is 31.7 Å². The molecule has 1 N–H and O–H groups in total. The highest BCUT2D eigenvalue weighted by atomic mass is 35.5. The number of halogens is 1. The van der Waals surface area contributed by atoms with Crippen molar-refractivity contribution in [1.82, 2.24) is 9.97 Å². The third-order valence-corrected chi connectivity index (χ3v) is 9.15. The fourth-order valence-electron chi connectivity index (χ4n) is 5.63. The maximum atomic E-state index is 12.0. The second-order valence-electron chi connectivity index (χ2n) is 10.2. The Morgan fingerprint density at radius 1 is 1.15 bits per heavy atom. The molecule has 0 amide bonds. The lowest BCUT2D eigenvalue weighted by atomic mass is 9.78. The highest BCUT2D eigenvalue weighted by Gasteiger charge is 2.29. The third kappa shape index (κ3) is 5.56. The minimum Gasteiger partial charge on any atom is -0.496 e. The number of nitrogens with one attached hydrogen (secondary N) is 1. The minimum absolute atomic E-state index is 0.0409. The number of aryl methyl sites for hydroxylation is 1. The first-order valence-corrected chi connectivity index (χ1v) is 14.6. The molecule has 0 bridgehead atoms. The van der Waals surface area contributed by atoms with Crippen LogP contribution in [0.5, 0.6) is 5.75 Å². The molecule has 5 rings (SSSR count). The van der Waals surface area contributed by atoms with Gasteiger partial charge in [-0.15, -0.1) is 11.3 Å². The van der Waals surface area contributed by atoms with Gasteiger partial charge in [-0.05, 0) is 80.2 Å². The zero-order valence-corrected chi connectivity index (χ0v) is 24.6. The molecule has 2 heterocycles. The van der Waals surface area contributed by atoms with Crippen molar-refractivity contribution in [2.45, 2.75) is 51.5 Å². The zero-order valence-electron chi connectivity index (χ0n) is 23.0. The number of thiophene rings is 1. The number of hydrogen-bond acceptors (Lipinski definition) is 8. The number of anilines is 1. The number of methoxy groups -OCH3 is 2. The predicted molar refractivity (Wildman–Crippen MR) is 160 cm³/mol. The molecule has 0 unspecified atom stereocenters. The van der Waals surface area contributed by atoms with Crippen LogP contribution in [0.4, 0.5) is 5.82 Å². The molecule has 1 fully saturated rings. The van der Waals surface area contributed by atoms with E-state index in [1.54, 1.807) is 36.6 Å². The number of benzene rings is 2. The normalized spacial score (nSPS) is 17.8. The van der Waals surface area contributed by atoms with Gasteiger partial charge in [-0.25, -0.2) is 9.97 Å². The van der Waals surface area contributed by atoms with Crippen LogP contribution in [-0.4, -0.2) is 36.4 Å². The summed E-state index contributed by atoms with van der Waals surface area (Å²) < 4.78 is 10.8. The molecular formula is C31H32ClN3O4S. The Hall–Kier alpha value is -3.49. The fraction of sp³-hybridized carbons (Fsp3) is 0.355. The molecular weight excluding hydrogens is 546 g/mol. The molecule has 1 saturated carbocycles. The van der Waals surface area contributed by atoms with Crippen LogP contribution in [0.3, 0.4) is 0 Å². The fourth-order valence-corrected chi connectivity index (χ4v) is 6.83. The van der Waals surface area contributed by atoms with E-state index in [2.05, 4.69) is 24.4 Å². The topological polar surface area (TPSA) is 90.4 Å². The van der Waals surface area contributed by atoms with Crippen molar-refractivity contribution in [2.24, 2.45) is 5.92 Å². The standard InChI is InChI=1S/C31H32ClN3O4S/c1-17(28-12-22(16-40-28)29-21(15-36)6-5-7-25(29)32)33-30-24-13-23(19-8-10-20(11-9-19)31(37)39-4)27(38-3)14-26(24)34-18(2)35-30/h5-7,12-17,19-20H,8-11H2,1-4H3,(H,33,34,35)/t17-,19?,20?/m1/s1. The van der Waals surface area contributed by atoms with Crippen molar-refractivity contribution >= 4 is 51.9 Å². The van der Waals surface area contributed by atoms with Crippen LogP contribution in [0, 0.1) is 12.8 Å². The summed E-state index contributed by atoms with van der Waals surface area (Å²) in [6, 6.07) is 11.5. The van der Waals surface area contributed by atoms with Crippen molar-refractivity contribution < 1.29 is 19.1 Å². The number of rotatable bonds is 8. The summed E-state index contributed by atoms with van der Waals surface area (Å²) in [4.78, 5) is 34.2. The molecule has 1 atom stereocenters. The molecule has 40 heavy (non-hydrogen) atoms. The number of ether oxygens (including phenoxy) is 2. The number of fused-ring (bicyclic) bond motifs is 1. The molecule has 9 heteroatoms. The van der Waals surface area contributed by atoms with Crippen molar-refractivity contribution in [3.63, 3.8) is 0 Å². The molecule has 0 aliphatic heterocycles. The van der Waals surface area contributed by atoms with E-state index in [1.165, 1.54) is 7.11 Å². The summed E-state index contributed by atoms with van der Waals surface area (Å²) >= 11 is 8.07. The highest BCUT2D eigenvalue weighted by molar-refractivity contribution is 7.10. The van der Waals surface area contributed by atoms with Gasteiger partial charge in [-0.2, -0.15) is 0 Å². The van der Waals surface area contributed by atoms with Crippen LogP contribution in [0.25, 0.3) is 22.0 Å². The Balaban J connectivity index is 1.45.